The van der Waals surface area contributed by atoms with Crippen LogP contribution in [0.15, 0.2) is 23.1 Å². The molecule has 7 nitrogen and oxygen atoms in total. The summed E-state index contributed by atoms with van der Waals surface area (Å²) < 4.78 is 42.4. The zero-order valence-electron chi connectivity index (χ0n) is 12.3. The smallest absolute Gasteiger partial charge is 0.240 e. The van der Waals surface area contributed by atoms with Gasteiger partial charge >= 0.3 is 0 Å². The molecule has 0 fully saturated rings. The molecule has 0 amide bonds. The predicted molar refractivity (Wildman–Crippen MR) is 78.2 cm³/mol. The van der Waals surface area contributed by atoms with E-state index in [1.54, 1.807) is 12.1 Å². The van der Waals surface area contributed by atoms with Crippen LogP contribution in [0.25, 0.3) is 0 Å². The summed E-state index contributed by atoms with van der Waals surface area (Å²) in [6.45, 7) is 1.36. The van der Waals surface area contributed by atoms with Crippen molar-refractivity contribution in [1.29, 1.82) is 0 Å². The number of benzene rings is 1. The molecule has 21 heavy (non-hydrogen) atoms. The standard InChI is InChI=1S/C13H20N2O5S/c1-15-6-7-20-12-5-4-10(8-11(12)15)21(16,17)14-9-13(18-2)19-3/h4-5,8,13-14H,6-7,9H2,1-3H3. The number of methoxy groups -OCH3 is 2. The number of hydrogen-bond donors (Lipinski definition) is 1. The molecule has 1 N–H and O–H groups in total. The van der Waals surface area contributed by atoms with Gasteiger partial charge in [0.05, 0.1) is 23.7 Å². The van der Waals surface area contributed by atoms with Gasteiger partial charge in [0.1, 0.15) is 12.4 Å². The zero-order chi connectivity index (χ0) is 15.5. The fourth-order valence-electron chi connectivity index (χ4n) is 2.02. The van der Waals surface area contributed by atoms with Gasteiger partial charge in [0, 0.05) is 21.3 Å². The fraction of sp³-hybridized carbons (Fsp3) is 0.538. The molecule has 118 valence electrons. The van der Waals surface area contributed by atoms with Crippen LogP contribution in [0, 0.1) is 0 Å². The lowest BCUT2D eigenvalue weighted by Crippen LogP contribution is -2.34. The van der Waals surface area contributed by atoms with Crippen molar-refractivity contribution >= 4 is 15.7 Å². The maximum Gasteiger partial charge on any atom is 0.240 e. The van der Waals surface area contributed by atoms with Crippen molar-refractivity contribution in [1.82, 2.24) is 4.72 Å². The summed E-state index contributed by atoms with van der Waals surface area (Å²) in [5.41, 5.74) is 0.763. The monoisotopic (exact) mass is 316 g/mol. The molecule has 1 aromatic rings. The van der Waals surface area contributed by atoms with Crippen molar-refractivity contribution < 1.29 is 22.6 Å². The number of likely N-dealkylation sites (N-methyl/N-ethyl adjacent to an activating group) is 1. The lowest BCUT2D eigenvalue weighted by Gasteiger charge is -2.28. The van der Waals surface area contributed by atoms with Gasteiger partial charge in [0.15, 0.2) is 6.29 Å². The molecule has 8 heteroatoms. The zero-order valence-corrected chi connectivity index (χ0v) is 13.1. The van der Waals surface area contributed by atoms with E-state index in [4.69, 9.17) is 14.2 Å². The van der Waals surface area contributed by atoms with Crippen LogP contribution in [0.2, 0.25) is 0 Å². The summed E-state index contributed by atoms with van der Waals surface area (Å²) in [4.78, 5) is 2.15. The van der Waals surface area contributed by atoms with E-state index in [2.05, 4.69) is 4.72 Å². The quantitative estimate of drug-likeness (QED) is 0.766. The van der Waals surface area contributed by atoms with Gasteiger partial charge in [-0.05, 0) is 18.2 Å². The third kappa shape index (κ3) is 3.65. The molecule has 1 heterocycles. The largest absolute Gasteiger partial charge is 0.490 e. The molecule has 0 radical (unpaired) electrons. The van der Waals surface area contributed by atoms with Crippen LogP contribution < -0.4 is 14.4 Å². The molecule has 0 spiro atoms. The van der Waals surface area contributed by atoms with Crippen molar-refractivity contribution in [2.24, 2.45) is 0 Å². The minimum atomic E-state index is -3.62. The lowest BCUT2D eigenvalue weighted by atomic mass is 10.2. The third-order valence-corrected chi connectivity index (χ3v) is 4.72. The molecule has 0 bridgehead atoms. The number of hydrogen-bond acceptors (Lipinski definition) is 6. The maximum absolute atomic E-state index is 12.3. The van der Waals surface area contributed by atoms with Crippen molar-refractivity contribution in [3.8, 4) is 5.75 Å². The molecule has 0 saturated carbocycles. The Hall–Kier alpha value is -1.35. The molecule has 0 saturated heterocycles. The molecule has 0 unspecified atom stereocenters. The molecule has 1 aliphatic rings. The Bertz CT molecular complexity index is 586. The van der Waals surface area contributed by atoms with Crippen LogP contribution in [-0.2, 0) is 19.5 Å². The minimum absolute atomic E-state index is 0.0404. The average Bonchev–Trinajstić information content (AvgIpc) is 2.48. The highest BCUT2D eigenvalue weighted by Gasteiger charge is 2.21. The Morgan fingerprint density at radius 3 is 2.76 bits per heavy atom. The highest BCUT2D eigenvalue weighted by Crippen LogP contribution is 2.32. The van der Waals surface area contributed by atoms with Gasteiger partial charge in [0.2, 0.25) is 10.0 Å². The molecular formula is C13H20N2O5S. The van der Waals surface area contributed by atoms with Crippen LogP contribution in [0.5, 0.6) is 5.75 Å². The average molecular weight is 316 g/mol. The first-order chi connectivity index (χ1) is 9.97. The van der Waals surface area contributed by atoms with E-state index < -0.39 is 16.3 Å². The van der Waals surface area contributed by atoms with Crippen LogP contribution in [-0.4, -0.2) is 55.7 Å². The highest BCUT2D eigenvalue weighted by atomic mass is 32.2. The Morgan fingerprint density at radius 1 is 1.38 bits per heavy atom. The Labute approximate surface area is 124 Å². The molecule has 0 aromatic heterocycles. The predicted octanol–water partition coefficient (Wildman–Crippen LogP) is 0.412. The van der Waals surface area contributed by atoms with Crippen molar-refractivity contribution in [2.75, 3.05) is 45.9 Å². The number of nitrogens with one attached hydrogen (secondary N) is 1. The third-order valence-electron chi connectivity index (χ3n) is 3.30. The van der Waals surface area contributed by atoms with Crippen LogP contribution in [0.3, 0.4) is 0 Å². The summed E-state index contributed by atoms with van der Waals surface area (Å²) in [6.07, 6.45) is -0.622. The van der Waals surface area contributed by atoms with Crippen molar-refractivity contribution in [3.63, 3.8) is 0 Å². The number of nitrogens with zero attached hydrogens (tertiary/aromatic N) is 1. The van der Waals surface area contributed by atoms with E-state index in [1.807, 2.05) is 11.9 Å². The van der Waals surface area contributed by atoms with E-state index >= 15 is 0 Å². The van der Waals surface area contributed by atoms with Gasteiger partial charge in [-0.25, -0.2) is 13.1 Å². The van der Waals surface area contributed by atoms with Crippen LogP contribution in [0.4, 0.5) is 5.69 Å². The highest BCUT2D eigenvalue weighted by molar-refractivity contribution is 7.89. The van der Waals surface area contributed by atoms with E-state index in [1.165, 1.54) is 20.3 Å². The molecule has 1 aromatic carbocycles. The number of fused-ring (bicyclic) bond motifs is 1. The Balaban J connectivity index is 2.19. The molecule has 1 aliphatic heterocycles. The summed E-state index contributed by atoms with van der Waals surface area (Å²) in [7, 11) is 1.18. The molecule has 2 rings (SSSR count). The normalized spacial score (nSPS) is 15.0. The van der Waals surface area contributed by atoms with Crippen molar-refractivity contribution in [2.45, 2.75) is 11.2 Å². The van der Waals surface area contributed by atoms with E-state index in [0.29, 0.717) is 12.4 Å². The summed E-state index contributed by atoms with van der Waals surface area (Å²) >= 11 is 0. The number of ether oxygens (including phenoxy) is 3. The summed E-state index contributed by atoms with van der Waals surface area (Å²) in [5, 5.41) is 0. The fourth-order valence-corrected chi connectivity index (χ4v) is 3.06. The summed E-state index contributed by atoms with van der Waals surface area (Å²) in [5.74, 6) is 0.689. The molecule has 0 aliphatic carbocycles. The van der Waals surface area contributed by atoms with Gasteiger partial charge in [-0.1, -0.05) is 0 Å². The summed E-state index contributed by atoms with van der Waals surface area (Å²) in [6, 6.07) is 4.80. The van der Waals surface area contributed by atoms with E-state index in [0.717, 1.165) is 12.2 Å². The first-order valence-electron chi connectivity index (χ1n) is 6.51. The first-order valence-corrected chi connectivity index (χ1v) is 7.99. The van der Waals surface area contributed by atoms with Crippen molar-refractivity contribution in [3.05, 3.63) is 18.2 Å². The van der Waals surface area contributed by atoms with E-state index in [-0.39, 0.29) is 11.4 Å². The molecule has 0 atom stereocenters. The van der Waals surface area contributed by atoms with Crippen LogP contribution >= 0.6 is 0 Å². The topological polar surface area (TPSA) is 77.1 Å². The maximum atomic E-state index is 12.3. The SMILES string of the molecule is COC(CNS(=O)(=O)c1ccc2c(c1)N(C)CCO2)OC. The van der Waals surface area contributed by atoms with Gasteiger partial charge in [-0.15, -0.1) is 0 Å². The van der Waals surface area contributed by atoms with Crippen LogP contribution in [0.1, 0.15) is 0 Å². The number of anilines is 1. The molecular weight excluding hydrogens is 296 g/mol. The van der Waals surface area contributed by atoms with Gasteiger partial charge in [-0.3, -0.25) is 0 Å². The number of sulfonamides is 1. The first kappa shape index (κ1) is 16.0. The minimum Gasteiger partial charge on any atom is -0.490 e. The van der Waals surface area contributed by atoms with Gasteiger partial charge < -0.3 is 19.1 Å². The van der Waals surface area contributed by atoms with Gasteiger partial charge in [0.25, 0.3) is 0 Å². The second-order valence-electron chi connectivity index (χ2n) is 4.65. The second-order valence-corrected chi connectivity index (χ2v) is 6.42. The second kappa shape index (κ2) is 6.61. The lowest BCUT2D eigenvalue weighted by molar-refractivity contribution is -0.0960. The van der Waals surface area contributed by atoms with E-state index in [9.17, 15) is 8.42 Å². The Kier molecular flexibility index (Phi) is 5.04. The van der Waals surface area contributed by atoms with Gasteiger partial charge in [-0.2, -0.15) is 0 Å². The number of rotatable bonds is 6. The Morgan fingerprint density at radius 2 is 2.10 bits per heavy atom.